The van der Waals surface area contributed by atoms with Gasteiger partial charge in [-0.3, -0.25) is 4.79 Å². The second-order valence-corrected chi connectivity index (χ2v) is 3.30. The summed E-state index contributed by atoms with van der Waals surface area (Å²) in [5.74, 6) is -0.112. The molecule has 2 N–H and O–H groups in total. The lowest BCUT2D eigenvalue weighted by Crippen LogP contribution is -2.38. The summed E-state index contributed by atoms with van der Waals surface area (Å²) >= 11 is 0. The Labute approximate surface area is 87.9 Å². The van der Waals surface area contributed by atoms with Gasteiger partial charge in [0.2, 0.25) is 0 Å². The second kappa shape index (κ2) is 5.53. The highest BCUT2D eigenvalue weighted by Crippen LogP contribution is 2.06. The number of hydrogen-bond donors (Lipinski definition) is 2. The number of aliphatic hydroxyl groups excluding tert-OH is 2. The van der Waals surface area contributed by atoms with Gasteiger partial charge in [0.15, 0.2) is 5.76 Å². The molecule has 1 unspecified atom stereocenters. The molecule has 1 aromatic rings. The highest BCUT2D eigenvalue weighted by atomic mass is 16.3. The molecule has 0 aromatic carbocycles. The number of hydrogen-bond acceptors (Lipinski definition) is 4. The fraction of sp³-hybridized carbons (Fsp3) is 0.500. The normalized spacial score (nSPS) is 12.5. The first-order chi connectivity index (χ1) is 7.15. The predicted molar refractivity (Wildman–Crippen MR) is 53.4 cm³/mol. The molecule has 15 heavy (non-hydrogen) atoms. The average Bonchev–Trinajstić information content (AvgIpc) is 2.68. The van der Waals surface area contributed by atoms with Crippen molar-refractivity contribution in [1.29, 1.82) is 0 Å². The van der Waals surface area contributed by atoms with Crippen LogP contribution in [0.3, 0.4) is 0 Å². The maximum absolute atomic E-state index is 11.7. The van der Waals surface area contributed by atoms with Crippen LogP contribution in [0.2, 0.25) is 0 Å². The molecular weight excluding hydrogens is 198 g/mol. The van der Waals surface area contributed by atoms with E-state index in [1.165, 1.54) is 11.2 Å². The number of carbonyl (C=O) groups excluding carboxylic acids is 1. The quantitative estimate of drug-likeness (QED) is 0.727. The van der Waals surface area contributed by atoms with Gasteiger partial charge in [-0.2, -0.15) is 0 Å². The summed E-state index contributed by atoms with van der Waals surface area (Å²) < 4.78 is 4.95. The smallest absolute Gasteiger partial charge is 0.289 e. The number of furan rings is 1. The van der Waals surface area contributed by atoms with Gasteiger partial charge in [-0.25, -0.2) is 0 Å². The molecule has 84 valence electrons. The molecule has 1 aromatic heterocycles. The van der Waals surface area contributed by atoms with E-state index in [0.717, 1.165) is 0 Å². The van der Waals surface area contributed by atoms with Crippen LogP contribution < -0.4 is 0 Å². The Morgan fingerprint density at radius 2 is 2.40 bits per heavy atom. The largest absolute Gasteiger partial charge is 0.459 e. The van der Waals surface area contributed by atoms with Gasteiger partial charge in [-0.05, 0) is 19.1 Å². The molecule has 1 heterocycles. The van der Waals surface area contributed by atoms with Crippen LogP contribution in [0.5, 0.6) is 0 Å². The van der Waals surface area contributed by atoms with Crippen molar-refractivity contribution in [3.63, 3.8) is 0 Å². The Morgan fingerprint density at radius 3 is 2.87 bits per heavy atom. The SMILES string of the molecule is CC(O)CN(CCO)C(=O)c1ccco1. The fourth-order valence-corrected chi connectivity index (χ4v) is 1.27. The van der Waals surface area contributed by atoms with Crippen molar-refractivity contribution in [2.24, 2.45) is 0 Å². The van der Waals surface area contributed by atoms with Crippen LogP contribution in [-0.4, -0.2) is 46.8 Å². The van der Waals surface area contributed by atoms with Crippen molar-refractivity contribution in [3.8, 4) is 0 Å². The van der Waals surface area contributed by atoms with Gasteiger partial charge in [0.1, 0.15) is 0 Å². The zero-order valence-corrected chi connectivity index (χ0v) is 8.59. The molecule has 0 spiro atoms. The lowest BCUT2D eigenvalue weighted by molar-refractivity contribution is 0.0576. The third-order valence-corrected chi connectivity index (χ3v) is 1.87. The van der Waals surface area contributed by atoms with Crippen molar-refractivity contribution in [1.82, 2.24) is 4.90 Å². The monoisotopic (exact) mass is 213 g/mol. The summed E-state index contributed by atoms with van der Waals surface area (Å²) in [5, 5.41) is 18.0. The van der Waals surface area contributed by atoms with Gasteiger partial charge in [0.05, 0.1) is 19.0 Å². The van der Waals surface area contributed by atoms with E-state index in [1.807, 2.05) is 0 Å². The van der Waals surface area contributed by atoms with Crippen molar-refractivity contribution in [2.45, 2.75) is 13.0 Å². The zero-order valence-electron chi connectivity index (χ0n) is 8.59. The standard InChI is InChI=1S/C10H15NO4/c1-8(13)7-11(4-5-12)10(14)9-3-2-6-15-9/h2-3,6,8,12-13H,4-5,7H2,1H3. The molecule has 5 heteroatoms. The van der Waals surface area contributed by atoms with Crippen LogP contribution >= 0.6 is 0 Å². The maximum Gasteiger partial charge on any atom is 0.289 e. The van der Waals surface area contributed by atoms with Gasteiger partial charge >= 0.3 is 0 Å². The summed E-state index contributed by atoms with van der Waals surface area (Å²) in [6.07, 6.45) is 0.780. The number of rotatable bonds is 5. The Hall–Kier alpha value is -1.33. The molecule has 0 fully saturated rings. The molecule has 1 atom stereocenters. The predicted octanol–water partition coefficient (Wildman–Crippen LogP) is 0.0949. The lowest BCUT2D eigenvalue weighted by Gasteiger charge is -2.21. The third-order valence-electron chi connectivity index (χ3n) is 1.87. The minimum absolute atomic E-state index is 0.140. The van der Waals surface area contributed by atoms with Gasteiger partial charge in [0.25, 0.3) is 5.91 Å². The van der Waals surface area contributed by atoms with Crippen molar-refractivity contribution in [3.05, 3.63) is 24.2 Å². The molecule has 0 aliphatic rings. The summed E-state index contributed by atoms with van der Waals surface area (Å²) in [5.41, 5.74) is 0. The summed E-state index contributed by atoms with van der Waals surface area (Å²) in [7, 11) is 0. The first kappa shape index (κ1) is 11.7. The molecule has 1 amide bonds. The van der Waals surface area contributed by atoms with Crippen LogP contribution in [0.1, 0.15) is 17.5 Å². The van der Waals surface area contributed by atoms with E-state index in [4.69, 9.17) is 9.52 Å². The minimum Gasteiger partial charge on any atom is -0.459 e. The van der Waals surface area contributed by atoms with E-state index < -0.39 is 6.10 Å². The molecular formula is C10H15NO4. The van der Waals surface area contributed by atoms with Crippen LogP contribution in [-0.2, 0) is 0 Å². The minimum atomic E-state index is -0.629. The Balaban J connectivity index is 2.67. The van der Waals surface area contributed by atoms with E-state index in [0.29, 0.717) is 0 Å². The van der Waals surface area contributed by atoms with Crippen LogP contribution in [0.15, 0.2) is 22.8 Å². The Kier molecular flexibility index (Phi) is 4.33. The molecule has 0 saturated carbocycles. The number of carbonyl (C=O) groups is 1. The fourth-order valence-electron chi connectivity index (χ4n) is 1.27. The van der Waals surface area contributed by atoms with E-state index in [1.54, 1.807) is 19.1 Å². The van der Waals surface area contributed by atoms with Crippen molar-refractivity contribution >= 4 is 5.91 Å². The molecule has 0 saturated heterocycles. The maximum atomic E-state index is 11.7. The number of nitrogens with zero attached hydrogens (tertiary/aromatic N) is 1. The van der Waals surface area contributed by atoms with E-state index in [9.17, 15) is 9.90 Å². The highest BCUT2D eigenvalue weighted by Gasteiger charge is 2.18. The summed E-state index contributed by atoms with van der Waals surface area (Å²) in [6, 6.07) is 3.17. The Bertz CT molecular complexity index is 294. The van der Waals surface area contributed by atoms with Crippen molar-refractivity contribution < 1.29 is 19.4 Å². The first-order valence-corrected chi connectivity index (χ1v) is 4.77. The molecule has 5 nitrogen and oxygen atoms in total. The van der Waals surface area contributed by atoms with Crippen LogP contribution in [0.25, 0.3) is 0 Å². The van der Waals surface area contributed by atoms with Crippen LogP contribution in [0, 0.1) is 0 Å². The first-order valence-electron chi connectivity index (χ1n) is 4.77. The van der Waals surface area contributed by atoms with Crippen molar-refractivity contribution in [2.75, 3.05) is 19.7 Å². The van der Waals surface area contributed by atoms with E-state index in [2.05, 4.69) is 0 Å². The average molecular weight is 213 g/mol. The molecule has 0 aliphatic carbocycles. The van der Waals surface area contributed by atoms with E-state index >= 15 is 0 Å². The second-order valence-electron chi connectivity index (χ2n) is 3.30. The van der Waals surface area contributed by atoms with Crippen LogP contribution in [0.4, 0.5) is 0 Å². The molecule has 0 bridgehead atoms. The Morgan fingerprint density at radius 1 is 1.67 bits per heavy atom. The number of amides is 1. The van der Waals surface area contributed by atoms with Gasteiger partial charge in [-0.1, -0.05) is 0 Å². The lowest BCUT2D eigenvalue weighted by atomic mass is 10.3. The molecule has 0 aliphatic heterocycles. The summed E-state index contributed by atoms with van der Waals surface area (Å²) in [6.45, 7) is 1.81. The number of aliphatic hydroxyl groups is 2. The van der Waals surface area contributed by atoms with Gasteiger partial charge in [0, 0.05) is 13.1 Å². The van der Waals surface area contributed by atoms with E-state index in [-0.39, 0.29) is 31.4 Å². The molecule has 0 radical (unpaired) electrons. The zero-order chi connectivity index (χ0) is 11.3. The molecule has 1 rings (SSSR count). The third kappa shape index (κ3) is 3.38. The van der Waals surface area contributed by atoms with Gasteiger partial charge in [-0.15, -0.1) is 0 Å². The topological polar surface area (TPSA) is 73.9 Å². The van der Waals surface area contributed by atoms with Gasteiger partial charge < -0.3 is 19.5 Å². The highest BCUT2D eigenvalue weighted by molar-refractivity contribution is 5.91. The summed E-state index contributed by atoms with van der Waals surface area (Å²) in [4.78, 5) is 13.1.